The molecule has 0 bridgehead atoms. The van der Waals surface area contributed by atoms with Crippen LogP contribution in [0.4, 0.5) is 16.2 Å². The molecular weight excluding hydrogens is 378 g/mol. The van der Waals surface area contributed by atoms with Crippen LogP contribution in [0.25, 0.3) is 0 Å². The van der Waals surface area contributed by atoms with Gasteiger partial charge in [-0.1, -0.05) is 0 Å². The molecule has 2 fully saturated rings. The number of amides is 4. The van der Waals surface area contributed by atoms with Gasteiger partial charge in [0.25, 0.3) is 0 Å². The molecule has 28 heavy (non-hydrogen) atoms. The summed E-state index contributed by atoms with van der Waals surface area (Å²) in [5.74, 6) is -0.820. The molecule has 0 aromatic heterocycles. The van der Waals surface area contributed by atoms with E-state index in [1.807, 2.05) is 18.2 Å². The van der Waals surface area contributed by atoms with E-state index in [4.69, 9.17) is 12.2 Å². The van der Waals surface area contributed by atoms with Crippen LogP contribution in [0, 0.1) is 5.41 Å². The Bertz CT molecular complexity index is 878. The van der Waals surface area contributed by atoms with Crippen molar-refractivity contribution in [1.29, 1.82) is 0 Å². The van der Waals surface area contributed by atoms with Crippen molar-refractivity contribution in [3.05, 3.63) is 23.8 Å². The van der Waals surface area contributed by atoms with Gasteiger partial charge in [-0.25, -0.2) is 4.79 Å². The van der Waals surface area contributed by atoms with E-state index in [-0.39, 0.29) is 12.5 Å². The Hall–Kier alpha value is -2.68. The van der Waals surface area contributed by atoms with E-state index in [9.17, 15) is 14.4 Å². The van der Waals surface area contributed by atoms with E-state index in [1.54, 1.807) is 7.05 Å². The lowest BCUT2D eigenvalue weighted by molar-refractivity contribution is -0.159. The van der Waals surface area contributed by atoms with Gasteiger partial charge in [0, 0.05) is 39.1 Å². The summed E-state index contributed by atoms with van der Waals surface area (Å²) >= 11 is 5.17. The summed E-state index contributed by atoms with van der Waals surface area (Å²) < 4.78 is 0. The van der Waals surface area contributed by atoms with Gasteiger partial charge >= 0.3 is 6.03 Å². The Kier molecular flexibility index (Phi) is 4.29. The number of urea groups is 1. The number of imide groups is 2. The molecule has 4 amide bonds. The Balaban J connectivity index is 1.82. The van der Waals surface area contributed by atoms with Crippen LogP contribution < -0.4 is 15.5 Å². The molecule has 3 aliphatic rings. The third-order valence-corrected chi connectivity index (χ3v) is 6.42. The van der Waals surface area contributed by atoms with Crippen molar-refractivity contribution in [2.75, 3.05) is 37.9 Å². The molecule has 1 atom stereocenters. The largest absolute Gasteiger partial charge is 0.367 e. The summed E-state index contributed by atoms with van der Waals surface area (Å²) in [4.78, 5) is 43.2. The van der Waals surface area contributed by atoms with Gasteiger partial charge in [-0.3, -0.25) is 19.4 Å². The average molecular weight is 401 g/mol. The van der Waals surface area contributed by atoms with Gasteiger partial charge < -0.3 is 15.5 Å². The summed E-state index contributed by atoms with van der Waals surface area (Å²) in [7, 11) is 4.64. The summed E-state index contributed by atoms with van der Waals surface area (Å²) in [5.41, 5.74) is 1.46. The molecule has 0 saturated carbocycles. The smallest absolute Gasteiger partial charge is 0.332 e. The van der Waals surface area contributed by atoms with Gasteiger partial charge in [0.05, 0.1) is 6.04 Å². The number of anilines is 2. The maximum absolute atomic E-state index is 13.3. The fourth-order valence-electron chi connectivity index (χ4n) is 4.79. The number of hydrogen-bond donors (Lipinski definition) is 2. The summed E-state index contributed by atoms with van der Waals surface area (Å²) in [6.45, 7) is 0.781. The summed E-state index contributed by atoms with van der Waals surface area (Å²) in [6.07, 6.45) is 1.92. The SMILES string of the molecule is CNC(=S)Nc1ccc2c(c1)CC1(C(=O)N(C)C(=O)N(C)C1=O)C1CCCN21. The minimum absolute atomic E-state index is 0.241. The molecule has 1 spiro atoms. The van der Waals surface area contributed by atoms with Crippen molar-refractivity contribution < 1.29 is 14.4 Å². The third kappa shape index (κ3) is 2.42. The lowest BCUT2D eigenvalue weighted by Crippen LogP contribution is -2.70. The fourth-order valence-corrected chi connectivity index (χ4v) is 4.91. The van der Waals surface area contributed by atoms with E-state index >= 15 is 0 Å². The molecule has 0 aliphatic carbocycles. The van der Waals surface area contributed by atoms with E-state index in [0.29, 0.717) is 5.11 Å². The highest BCUT2D eigenvalue weighted by Gasteiger charge is 2.63. The number of benzene rings is 1. The Morgan fingerprint density at radius 2 is 1.86 bits per heavy atom. The van der Waals surface area contributed by atoms with Crippen molar-refractivity contribution in [2.45, 2.75) is 25.3 Å². The zero-order valence-corrected chi connectivity index (χ0v) is 16.9. The van der Waals surface area contributed by atoms with Gasteiger partial charge in [0.2, 0.25) is 11.8 Å². The first-order valence-corrected chi connectivity index (χ1v) is 9.70. The lowest BCUT2D eigenvalue weighted by Gasteiger charge is -2.50. The summed E-state index contributed by atoms with van der Waals surface area (Å²) in [5, 5.41) is 6.45. The van der Waals surface area contributed by atoms with E-state index in [1.165, 1.54) is 14.1 Å². The predicted molar refractivity (Wildman–Crippen MR) is 109 cm³/mol. The van der Waals surface area contributed by atoms with Crippen molar-refractivity contribution in [1.82, 2.24) is 15.1 Å². The number of hydrogen-bond acceptors (Lipinski definition) is 5. The second-order valence-electron chi connectivity index (χ2n) is 7.56. The maximum Gasteiger partial charge on any atom is 0.332 e. The van der Waals surface area contributed by atoms with Crippen LogP contribution in [0.2, 0.25) is 0 Å². The molecule has 3 heterocycles. The maximum atomic E-state index is 13.3. The first-order valence-electron chi connectivity index (χ1n) is 9.30. The molecule has 3 aliphatic heterocycles. The van der Waals surface area contributed by atoms with Crippen molar-refractivity contribution in [2.24, 2.45) is 5.41 Å². The number of carbonyl (C=O) groups is 3. The zero-order chi connectivity index (χ0) is 20.2. The van der Waals surface area contributed by atoms with Gasteiger partial charge in [0.15, 0.2) is 10.5 Å². The minimum atomic E-state index is -1.27. The molecule has 8 nitrogen and oxygen atoms in total. The van der Waals surface area contributed by atoms with Crippen molar-refractivity contribution >= 4 is 46.6 Å². The number of rotatable bonds is 1. The van der Waals surface area contributed by atoms with Gasteiger partial charge in [-0.05, 0) is 55.2 Å². The molecule has 4 rings (SSSR count). The second-order valence-corrected chi connectivity index (χ2v) is 7.97. The molecule has 1 aromatic rings. The topological polar surface area (TPSA) is 85.0 Å². The Morgan fingerprint density at radius 3 is 2.50 bits per heavy atom. The molecule has 1 unspecified atom stereocenters. The monoisotopic (exact) mass is 401 g/mol. The summed E-state index contributed by atoms with van der Waals surface area (Å²) in [6, 6.07) is 5.08. The average Bonchev–Trinajstić information content (AvgIpc) is 3.19. The predicted octanol–water partition coefficient (Wildman–Crippen LogP) is 1.16. The standard InChI is InChI=1S/C19H23N5O3S/c1-20-17(28)21-12-6-7-13-11(9-12)10-19(14-5-4-8-24(13)14)15(25)22(2)18(27)23(3)16(19)26/h6-7,9,14H,4-5,8,10H2,1-3H3,(H2,20,21,28). The quantitative estimate of drug-likeness (QED) is 0.540. The highest BCUT2D eigenvalue weighted by Crippen LogP contribution is 2.49. The van der Waals surface area contributed by atoms with Crippen molar-refractivity contribution in [3.63, 3.8) is 0 Å². The number of carbonyl (C=O) groups excluding carboxylic acids is 3. The molecule has 2 N–H and O–H groups in total. The van der Waals surface area contributed by atoms with Gasteiger partial charge in [-0.15, -0.1) is 0 Å². The van der Waals surface area contributed by atoms with Gasteiger partial charge in [0.1, 0.15) is 0 Å². The minimum Gasteiger partial charge on any atom is -0.367 e. The van der Waals surface area contributed by atoms with Crippen LogP contribution in [0.1, 0.15) is 18.4 Å². The Labute approximate surface area is 168 Å². The van der Waals surface area contributed by atoms with Gasteiger partial charge in [-0.2, -0.15) is 0 Å². The molecule has 0 radical (unpaired) electrons. The lowest BCUT2D eigenvalue weighted by atomic mass is 9.68. The number of nitrogens with zero attached hydrogens (tertiary/aromatic N) is 3. The number of barbiturate groups is 1. The van der Waals surface area contributed by atoms with Crippen LogP contribution in [0.15, 0.2) is 18.2 Å². The highest BCUT2D eigenvalue weighted by molar-refractivity contribution is 7.80. The van der Waals surface area contributed by atoms with E-state index < -0.39 is 23.3 Å². The molecule has 2 saturated heterocycles. The third-order valence-electron chi connectivity index (χ3n) is 6.11. The second kappa shape index (κ2) is 6.44. The fraction of sp³-hybridized carbons (Fsp3) is 0.474. The van der Waals surface area contributed by atoms with Crippen molar-refractivity contribution in [3.8, 4) is 0 Å². The van der Waals surface area contributed by atoms with Crippen LogP contribution in [-0.4, -0.2) is 66.5 Å². The number of thiocarbonyl (C=S) groups is 1. The molecular formula is C19H23N5O3S. The molecule has 148 valence electrons. The molecule has 9 heteroatoms. The van der Waals surface area contributed by atoms with Crippen LogP contribution in [-0.2, 0) is 16.0 Å². The molecule has 1 aromatic carbocycles. The first kappa shape index (κ1) is 18.7. The zero-order valence-electron chi connectivity index (χ0n) is 16.1. The number of fused-ring (bicyclic) bond motifs is 4. The van der Waals surface area contributed by atoms with E-state index in [2.05, 4.69) is 15.5 Å². The van der Waals surface area contributed by atoms with Crippen LogP contribution in [0.5, 0.6) is 0 Å². The van der Waals surface area contributed by atoms with E-state index in [0.717, 1.165) is 46.1 Å². The normalized spacial score (nSPS) is 23.0. The van der Waals surface area contributed by atoms with Crippen LogP contribution in [0.3, 0.4) is 0 Å². The van der Waals surface area contributed by atoms with Crippen LogP contribution >= 0.6 is 12.2 Å². The number of nitrogens with one attached hydrogen (secondary N) is 2. The highest BCUT2D eigenvalue weighted by atomic mass is 32.1. The first-order chi connectivity index (χ1) is 13.3. The Morgan fingerprint density at radius 1 is 1.18 bits per heavy atom.